The molecule has 2 saturated carbocycles. The molecule has 0 N–H and O–H groups in total. The molecule has 4 aromatic rings. The van der Waals surface area contributed by atoms with Gasteiger partial charge in [-0.3, -0.25) is 0 Å². The summed E-state index contributed by atoms with van der Waals surface area (Å²) < 4.78 is 17.1. The molecule has 2 aromatic carbocycles. The number of methoxy groups -OCH3 is 1. The van der Waals surface area contributed by atoms with Gasteiger partial charge in [0.25, 0.3) is 0 Å². The summed E-state index contributed by atoms with van der Waals surface area (Å²) in [6.45, 7) is 0. The number of benzene rings is 2. The Labute approximate surface area is 242 Å². The Morgan fingerprint density at radius 2 is 1.75 bits per heavy atom. The van der Waals surface area contributed by atoms with E-state index < -0.39 is 5.97 Å². The van der Waals surface area contributed by atoms with Crippen LogP contribution in [0.5, 0.6) is 5.75 Å². The summed E-state index contributed by atoms with van der Waals surface area (Å²) >= 11 is 13.1. The molecule has 0 bridgehead atoms. The fourth-order valence-corrected chi connectivity index (χ4v) is 6.78. The summed E-state index contributed by atoms with van der Waals surface area (Å²) in [5, 5.41) is 6.58. The number of carbonyl (C=O) groups is 1. The van der Waals surface area contributed by atoms with Gasteiger partial charge < -0.3 is 14.0 Å². The van der Waals surface area contributed by atoms with Crippen LogP contribution in [0.15, 0.2) is 59.1 Å². The van der Waals surface area contributed by atoms with Crippen molar-refractivity contribution in [3.05, 3.63) is 81.7 Å². The predicted molar refractivity (Wildman–Crippen MR) is 155 cm³/mol. The Morgan fingerprint density at radius 3 is 2.45 bits per heavy atom. The highest BCUT2D eigenvalue weighted by Crippen LogP contribution is 2.57. The predicted octanol–water partition coefficient (Wildman–Crippen LogP) is 8.66. The van der Waals surface area contributed by atoms with E-state index in [1.807, 2.05) is 42.5 Å². The average molecular weight is 575 g/mol. The number of fused-ring (bicyclic) bond motifs is 1. The Balaban J connectivity index is 1.06. The summed E-state index contributed by atoms with van der Waals surface area (Å²) in [5.41, 5.74) is 5.13. The Hall–Kier alpha value is -3.35. The monoisotopic (exact) mass is 574 g/mol. The lowest BCUT2D eigenvalue weighted by Crippen LogP contribution is -2.35. The quantitative estimate of drug-likeness (QED) is 0.214. The van der Waals surface area contributed by atoms with E-state index in [9.17, 15) is 4.79 Å². The van der Waals surface area contributed by atoms with Gasteiger partial charge in [-0.05, 0) is 92.3 Å². The van der Waals surface area contributed by atoms with E-state index in [1.54, 1.807) is 6.07 Å². The fraction of sp³-hybridized carbons (Fsp3) is 0.344. The molecular weight excluding hydrogens is 547 g/mol. The SMILES string of the molecule is COC(=O)c1ccc2cc(OC3CCC4(C=C(c5c(-c6c(Cl)cccc6Cl)noc5C5CC5)C4)CC3)ccc2n1. The summed E-state index contributed by atoms with van der Waals surface area (Å²) in [6.07, 6.45) is 10.00. The number of hydrogen-bond donors (Lipinski definition) is 0. The van der Waals surface area contributed by atoms with Gasteiger partial charge in [-0.15, -0.1) is 0 Å². The highest BCUT2D eigenvalue weighted by Gasteiger charge is 2.44. The van der Waals surface area contributed by atoms with Crippen LogP contribution in [0.25, 0.3) is 27.7 Å². The van der Waals surface area contributed by atoms with Gasteiger partial charge in [-0.2, -0.15) is 0 Å². The Morgan fingerprint density at radius 1 is 1.00 bits per heavy atom. The molecule has 2 aromatic heterocycles. The maximum Gasteiger partial charge on any atom is 0.356 e. The number of halogens is 2. The van der Waals surface area contributed by atoms with Crippen LogP contribution in [0.1, 0.15) is 72.7 Å². The normalized spacial score (nSPS) is 22.2. The number of aromatic nitrogens is 2. The van der Waals surface area contributed by atoms with E-state index in [2.05, 4.69) is 16.2 Å². The Kier molecular flexibility index (Phi) is 6.36. The molecule has 3 aliphatic rings. The zero-order chi connectivity index (χ0) is 27.4. The molecule has 7 rings (SSSR count). The topological polar surface area (TPSA) is 74.5 Å². The van der Waals surface area contributed by atoms with Gasteiger partial charge in [0, 0.05) is 22.4 Å². The molecule has 204 valence electrons. The largest absolute Gasteiger partial charge is 0.490 e. The minimum atomic E-state index is -0.441. The van der Waals surface area contributed by atoms with Crippen LogP contribution in [0, 0.1) is 5.41 Å². The van der Waals surface area contributed by atoms with Gasteiger partial charge in [0.2, 0.25) is 0 Å². The van der Waals surface area contributed by atoms with Crippen molar-refractivity contribution < 1.29 is 18.8 Å². The minimum Gasteiger partial charge on any atom is -0.490 e. The van der Waals surface area contributed by atoms with Crippen LogP contribution in [0.2, 0.25) is 10.0 Å². The third-order valence-electron chi connectivity index (χ3n) is 8.50. The van der Waals surface area contributed by atoms with Crippen molar-refractivity contribution >= 4 is 45.6 Å². The molecule has 0 aliphatic heterocycles. The number of rotatable bonds is 6. The van der Waals surface area contributed by atoms with Crippen molar-refractivity contribution in [3.63, 3.8) is 0 Å². The van der Waals surface area contributed by atoms with Crippen LogP contribution in [-0.2, 0) is 4.74 Å². The van der Waals surface area contributed by atoms with E-state index in [4.69, 9.17) is 37.2 Å². The first-order valence-corrected chi connectivity index (χ1v) is 14.5. The van der Waals surface area contributed by atoms with E-state index in [0.717, 1.165) is 84.2 Å². The first-order valence-electron chi connectivity index (χ1n) is 13.7. The molecule has 6 nitrogen and oxygen atoms in total. The second-order valence-corrected chi connectivity index (χ2v) is 12.0. The number of carbonyl (C=O) groups excluding carboxylic acids is 1. The van der Waals surface area contributed by atoms with E-state index >= 15 is 0 Å². The molecule has 1 spiro atoms. The lowest BCUT2D eigenvalue weighted by molar-refractivity contribution is 0.0594. The highest BCUT2D eigenvalue weighted by atomic mass is 35.5. The third kappa shape index (κ3) is 4.57. The smallest absolute Gasteiger partial charge is 0.356 e. The van der Waals surface area contributed by atoms with E-state index in [0.29, 0.717) is 21.7 Å². The standard InChI is InChI=1S/C32H28Cl2N2O4/c1-38-31(37)26-9-7-19-15-22(8-10-25(19)35-26)39-21-11-13-32(14-12-21)16-20(17-32)27-29(36-40-30(27)18-5-6-18)28-23(33)3-2-4-24(28)34/h2-4,7-10,15-16,18,21H,5-6,11-14,17H2,1H3. The fourth-order valence-electron chi connectivity index (χ4n) is 6.21. The lowest BCUT2D eigenvalue weighted by atomic mass is 9.61. The summed E-state index contributed by atoms with van der Waals surface area (Å²) in [6, 6.07) is 14.9. The molecule has 0 atom stereocenters. The number of allylic oxidation sites excluding steroid dienone is 2. The number of ether oxygens (including phenoxy) is 2. The molecule has 3 aliphatic carbocycles. The van der Waals surface area contributed by atoms with E-state index in [1.165, 1.54) is 12.7 Å². The first-order chi connectivity index (χ1) is 19.4. The maximum absolute atomic E-state index is 11.8. The molecule has 8 heteroatoms. The molecule has 0 radical (unpaired) electrons. The van der Waals surface area contributed by atoms with Crippen molar-refractivity contribution in [1.29, 1.82) is 0 Å². The maximum atomic E-state index is 11.8. The summed E-state index contributed by atoms with van der Waals surface area (Å²) in [5.74, 6) is 1.80. The van der Waals surface area contributed by atoms with Crippen molar-refractivity contribution in [2.24, 2.45) is 5.41 Å². The van der Waals surface area contributed by atoms with Crippen LogP contribution in [-0.4, -0.2) is 29.3 Å². The van der Waals surface area contributed by atoms with Gasteiger partial charge in [0.05, 0.1) is 28.8 Å². The van der Waals surface area contributed by atoms with Gasteiger partial charge in [0.15, 0.2) is 0 Å². The molecule has 2 heterocycles. The first kappa shape index (κ1) is 25.6. The number of esters is 1. The molecule has 0 unspecified atom stereocenters. The zero-order valence-electron chi connectivity index (χ0n) is 22.1. The summed E-state index contributed by atoms with van der Waals surface area (Å²) in [4.78, 5) is 16.2. The molecular formula is C32H28Cl2N2O4. The van der Waals surface area contributed by atoms with Crippen LogP contribution in [0.3, 0.4) is 0 Å². The highest BCUT2D eigenvalue weighted by molar-refractivity contribution is 6.39. The van der Waals surface area contributed by atoms with Gasteiger partial charge in [0.1, 0.15) is 22.9 Å². The van der Waals surface area contributed by atoms with E-state index in [-0.39, 0.29) is 11.5 Å². The zero-order valence-corrected chi connectivity index (χ0v) is 23.6. The minimum absolute atomic E-state index is 0.165. The van der Waals surface area contributed by atoms with Gasteiger partial charge >= 0.3 is 5.97 Å². The molecule has 40 heavy (non-hydrogen) atoms. The van der Waals surface area contributed by atoms with Crippen LogP contribution >= 0.6 is 23.2 Å². The second-order valence-electron chi connectivity index (χ2n) is 11.2. The van der Waals surface area contributed by atoms with Crippen molar-refractivity contribution in [3.8, 4) is 17.0 Å². The number of hydrogen-bond acceptors (Lipinski definition) is 6. The second kappa shape index (κ2) is 9.93. The molecule has 0 saturated heterocycles. The average Bonchev–Trinajstić information content (AvgIpc) is 3.71. The van der Waals surface area contributed by atoms with Crippen molar-refractivity contribution in [2.45, 2.75) is 57.0 Å². The van der Waals surface area contributed by atoms with Gasteiger partial charge in [-0.25, -0.2) is 9.78 Å². The van der Waals surface area contributed by atoms with Crippen LogP contribution in [0.4, 0.5) is 0 Å². The Bertz CT molecular complexity index is 1640. The number of nitrogens with zero attached hydrogens (tertiary/aromatic N) is 2. The number of pyridine rings is 1. The molecule has 2 fully saturated rings. The van der Waals surface area contributed by atoms with Gasteiger partial charge in [-0.1, -0.05) is 46.6 Å². The van der Waals surface area contributed by atoms with Crippen LogP contribution < -0.4 is 4.74 Å². The lowest BCUT2D eigenvalue weighted by Gasteiger charge is -2.45. The van der Waals surface area contributed by atoms with Crippen molar-refractivity contribution in [1.82, 2.24) is 10.1 Å². The third-order valence-corrected chi connectivity index (χ3v) is 9.13. The summed E-state index contributed by atoms with van der Waals surface area (Å²) in [7, 11) is 1.35. The van der Waals surface area contributed by atoms with Crippen molar-refractivity contribution in [2.75, 3.05) is 7.11 Å². The molecule has 0 amide bonds.